The van der Waals surface area contributed by atoms with Gasteiger partial charge >= 0.3 is 20.8 Å². The van der Waals surface area contributed by atoms with Crippen LogP contribution in [0.1, 0.15) is 119 Å². The molecule has 0 unspecified atom stereocenters. The summed E-state index contributed by atoms with van der Waals surface area (Å²) >= 11 is 0. The van der Waals surface area contributed by atoms with Gasteiger partial charge in [-0.1, -0.05) is 13.5 Å². The van der Waals surface area contributed by atoms with E-state index in [1.807, 2.05) is 6.92 Å². The van der Waals surface area contributed by atoms with Crippen molar-refractivity contribution in [3.05, 3.63) is 12.2 Å². The van der Waals surface area contributed by atoms with Crippen LogP contribution in [0.5, 0.6) is 0 Å². The first kappa shape index (κ1) is 50.8. The molecule has 3 N–H and O–H groups in total. The van der Waals surface area contributed by atoms with Gasteiger partial charge in [-0.3, -0.25) is 13.9 Å². The fourth-order valence-electron chi connectivity index (χ4n) is 14.7. The van der Waals surface area contributed by atoms with Crippen LogP contribution in [0.15, 0.2) is 12.2 Å². The lowest BCUT2D eigenvalue weighted by molar-refractivity contribution is -0.359. The minimum atomic E-state index is -5.00. The number of carbonyl (C=O) groups excluding carboxylic acids is 1. The molecule has 396 valence electrons. The maximum Gasteiger partial charge on any atom is 0.400 e. The molecule has 23 heteroatoms. The van der Waals surface area contributed by atoms with Crippen LogP contribution in [-0.4, -0.2) is 182 Å². The lowest BCUT2D eigenvalue weighted by atomic mass is 9.74. The zero-order valence-electron chi connectivity index (χ0n) is 40.5. The highest BCUT2D eigenvalue weighted by Crippen LogP contribution is 2.54. The summed E-state index contributed by atoms with van der Waals surface area (Å²) in [6.07, 6.45) is -3.13. The van der Waals surface area contributed by atoms with Gasteiger partial charge < -0.3 is 57.2 Å². The predicted octanol–water partition coefficient (Wildman–Crippen LogP) is 3.02. The van der Waals surface area contributed by atoms with Gasteiger partial charge in [0, 0.05) is 44.4 Å². The second kappa shape index (κ2) is 17.9. The van der Waals surface area contributed by atoms with Crippen LogP contribution in [-0.2, 0) is 86.1 Å². The Labute approximate surface area is 409 Å². The molecular weight excluding hydrogens is 965 g/mol. The third-order valence-electron chi connectivity index (χ3n) is 18.0. The maximum atomic E-state index is 12.4. The van der Waals surface area contributed by atoms with Crippen molar-refractivity contribution in [1.82, 2.24) is 0 Å². The largest absolute Gasteiger partial charge is 0.400 e. The molecule has 11 fully saturated rings. The molecule has 0 amide bonds. The summed E-state index contributed by atoms with van der Waals surface area (Å²) in [7, 11) is -9.76. The number of aliphatic hydroxyl groups is 1. The summed E-state index contributed by atoms with van der Waals surface area (Å²) < 4.78 is 149. The molecule has 0 radical (unpaired) electrons. The lowest BCUT2D eigenvalue weighted by Crippen LogP contribution is -2.73. The molecule has 0 saturated carbocycles. The summed E-state index contributed by atoms with van der Waals surface area (Å²) in [5.41, 5.74) is -1.74. The van der Waals surface area contributed by atoms with Crippen LogP contribution in [0, 0.1) is 11.8 Å². The number of aliphatic hydroxyl groups excluding tert-OH is 1. The van der Waals surface area contributed by atoms with E-state index in [9.17, 15) is 31.3 Å². The van der Waals surface area contributed by atoms with E-state index in [2.05, 4.69) is 31.5 Å². The highest BCUT2D eigenvalue weighted by Gasteiger charge is 2.65. The van der Waals surface area contributed by atoms with E-state index in [-0.39, 0.29) is 91.7 Å². The number of rotatable bonds is 7. The molecule has 0 bridgehead atoms. The quantitative estimate of drug-likeness (QED) is 0.244. The van der Waals surface area contributed by atoms with Gasteiger partial charge in [0.25, 0.3) is 0 Å². The molecule has 0 aromatic rings. The third-order valence-corrected chi connectivity index (χ3v) is 19.0. The number of carbonyl (C=O) groups is 1. The molecular formula is C47H70O21S2. The van der Waals surface area contributed by atoms with E-state index in [0.29, 0.717) is 69.8 Å². The van der Waals surface area contributed by atoms with Gasteiger partial charge in [0.05, 0.1) is 115 Å². The van der Waals surface area contributed by atoms with E-state index >= 15 is 0 Å². The van der Waals surface area contributed by atoms with Crippen LogP contribution in [0.25, 0.3) is 0 Å². The van der Waals surface area contributed by atoms with E-state index in [1.165, 1.54) is 13.8 Å². The molecule has 21 nitrogen and oxygen atoms in total. The van der Waals surface area contributed by atoms with Gasteiger partial charge in [-0.15, -0.1) is 0 Å². The average molecular weight is 1040 g/mol. The van der Waals surface area contributed by atoms with Crippen molar-refractivity contribution in [3.63, 3.8) is 0 Å². The lowest BCUT2D eigenvalue weighted by Gasteiger charge is -2.59. The molecule has 11 aliphatic heterocycles. The molecule has 11 aliphatic rings. The van der Waals surface area contributed by atoms with Crippen LogP contribution < -0.4 is 0 Å². The summed E-state index contributed by atoms with van der Waals surface area (Å²) in [5, 5.41) is 12.1. The number of ether oxygens (including phenoxy) is 11. The van der Waals surface area contributed by atoms with E-state index < -0.39 is 105 Å². The van der Waals surface area contributed by atoms with Gasteiger partial charge in [-0.25, -0.2) is 8.37 Å². The summed E-state index contributed by atoms with van der Waals surface area (Å²) in [6, 6.07) is 0. The SMILES string of the molecule is C=C1C[C@@H]2O[C@@]3(C)[C@H](C[C@H]2O[C@H]1C(C)=O)O[C@@H]1C[C@@H]2O[C@@H]4C[C@@H]5O[C@@H]6C[C@@H]7O[C@@H]8C[C@@H]9O[C@](C)(OS(=O)(=O)O)[C@@H](CCOS(=O)(=O)O)C[C@H]9O[C@H]8C[C@H]7O[C@H]6CC[C@@]5(C)O[C@@]4(C)C[C@H](C)[C@H]2O[C@H]1[C@H]3O. The molecule has 0 spiro atoms. The summed E-state index contributed by atoms with van der Waals surface area (Å²) in [4.78, 5) is 12.4. The molecule has 0 aromatic heterocycles. The zero-order chi connectivity index (χ0) is 49.7. The fraction of sp³-hybridized carbons (Fsp3) is 0.936. The number of Topliss-reactive ketones (excluding diaryl/α,β-unsaturated/α-hetero) is 1. The van der Waals surface area contributed by atoms with Crippen molar-refractivity contribution in [2.45, 2.75) is 257 Å². The fourth-order valence-corrected chi connectivity index (χ4v) is 15.6. The molecule has 25 atom stereocenters. The summed E-state index contributed by atoms with van der Waals surface area (Å²) in [5.74, 6) is -2.80. The first-order valence-corrected chi connectivity index (χ1v) is 28.0. The Morgan fingerprint density at radius 3 is 1.90 bits per heavy atom. The second-order valence-electron chi connectivity index (χ2n) is 23.0. The van der Waals surface area contributed by atoms with Crippen molar-refractivity contribution < 1.29 is 96.3 Å². The van der Waals surface area contributed by atoms with Crippen LogP contribution in [0.4, 0.5) is 0 Å². The topological polar surface area (TPSA) is 266 Å². The van der Waals surface area contributed by atoms with Gasteiger partial charge in [0.2, 0.25) is 0 Å². The van der Waals surface area contributed by atoms with Crippen LogP contribution in [0.3, 0.4) is 0 Å². The Morgan fingerprint density at radius 1 is 0.657 bits per heavy atom. The molecule has 70 heavy (non-hydrogen) atoms. The highest BCUT2D eigenvalue weighted by molar-refractivity contribution is 7.81. The van der Waals surface area contributed by atoms with Crippen molar-refractivity contribution in [3.8, 4) is 0 Å². The molecule has 11 heterocycles. The van der Waals surface area contributed by atoms with Crippen molar-refractivity contribution in [1.29, 1.82) is 0 Å². The number of fused-ring (bicyclic) bond motifs is 10. The van der Waals surface area contributed by atoms with Crippen molar-refractivity contribution >= 4 is 26.6 Å². The Balaban J connectivity index is 0.752. The number of hydrogen-bond donors (Lipinski definition) is 3. The minimum Gasteiger partial charge on any atom is -0.387 e. The minimum absolute atomic E-state index is 0.000839. The van der Waals surface area contributed by atoms with E-state index in [1.54, 1.807) is 0 Å². The molecule has 11 saturated heterocycles. The second-order valence-corrected chi connectivity index (χ2v) is 25.1. The number of ketones is 1. The zero-order valence-corrected chi connectivity index (χ0v) is 42.2. The highest BCUT2D eigenvalue weighted by atomic mass is 32.3. The Bertz CT molecular complexity index is 2270. The van der Waals surface area contributed by atoms with E-state index in [0.717, 1.165) is 0 Å². The summed E-state index contributed by atoms with van der Waals surface area (Å²) in [6.45, 7) is 14.8. The van der Waals surface area contributed by atoms with Crippen LogP contribution >= 0.6 is 0 Å². The van der Waals surface area contributed by atoms with Gasteiger partial charge in [-0.2, -0.15) is 16.8 Å². The van der Waals surface area contributed by atoms with Gasteiger partial charge in [0.1, 0.15) is 23.9 Å². The van der Waals surface area contributed by atoms with Crippen molar-refractivity contribution in [2.24, 2.45) is 11.8 Å². The van der Waals surface area contributed by atoms with Gasteiger partial charge in [0.15, 0.2) is 11.6 Å². The smallest absolute Gasteiger partial charge is 0.387 e. The molecule has 0 aromatic carbocycles. The molecule has 0 aliphatic carbocycles. The normalized spacial score (nSPS) is 54.3. The predicted molar refractivity (Wildman–Crippen MR) is 238 cm³/mol. The first-order valence-electron chi connectivity index (χ1n) is 25.2. The Kier molecular flexibility index (Phi) is 13.0. The molecule has 11 rings (SSSR count). The van der Waals surface area contributed by atoms with Crippen LogP contribution in [0.2, 0.25) is 0 Å². The number of hydrogen-bond acceptors (Lipinski definition) is 19. The first-order chi connectivity index (χ1) is 32.8. The standard InChI is InChI=1S/C47H70O21S2/c1-21-12-33-32(63-40(21)23(3)48)18-39-46(6,65-33)43(49)42-36(62-39)17-35-41(64-42)22(2)20-45(5)38(61-35)19-37-44(4,67-45)10-8-25-27(60-37)14-29-28(57-25)15-30-31(59-29)16-34-26(58-30)13-24(9-11-56-69(50,51)52)47(7,66-34)68-70(53,54)55/h22,24-43,49H,1,8-20H2,2-7H3,(H,50,51,52)(H,53,54,55)/t22-,24-,25-,26+,27+,28+,29-,30-,31+,32+,33-,34-,35-,36+,37-,38+,39-,40+,41+,42+,43+,44+,45-,46-,47+/m0/s1. The monoisotopic (exact) mass is 1030 g/mol. The Hall–Kier alpha value is -1.33. The third kappa shape index (κ3) is 9.21. The van der Waals surface area contributed by atoms with Gasteiger partial charge in [-0.05, 0) is 84.6 Å². The van der Waals surface area contributed by atoms with E-state index in [4.69, 9.17) is 60.8 Å². The maximum absolute atomic E-state index is 12.4. The van der Waals surface area contributed by atoms with Crippen molar-refractivity contribution in [2.75, 3.05) is 6.61 Å². The average Bonchev–Trinajstić information content (AvgIpc) is 3.44. The Morgan fingerprint density at radius 2 is 1.23 bits per heavy atom.